The molecular formula is C22H42BN7O8. The number of nitrogens with one attached hydrogen (secondary N) is 3. The van der Waals surface area contributed by atoms with Gasteiger partial charge < -0.3 is 31.2 Å². The third-order valence-electron chi connectivity index (χ3n) is 5.62. The minimum atomic E-state index is -1.81. The summed E-state index contributed by atoms with van der Waals surface area (Å²) in [4.78, 5) is 54.7. The van der Waals surface area contributed by atoms with Gasteiger partial charge in [0.2, 0.25) is 11.8 Å². The number of carbonyl (C=O) groups excluding carboxylic acids is 3. The van der Waals surface area contributed by atoms with Crippen molar-refractivity contribution in [2.45, 2.75) is 96.8 Å². The molecule has 7 N–H and O–H groups in total. The first-order chi connectivity index (χ1) is 17.6. The zero-order valence-corrected chi connectivity index (χ0v) is 22.8. The van der Waals surface area contributed by atoms with Crippen LogP contribution in [0.3, 0.4) is 0 Å². The Labute approximate surface area is 223 Å². The lowest BCUT2D eigenvalue weighted by Gasteiger charge is -2.36. The third-order valence-corrected chi connectivity index (χ3v) is 5.62. The lowest BCUT2D eigenvalue weighted by molar-refractivity contribution is -0.525. The van der Waals surface area contributed by atoms with Gasteiger partial charge in [0, 0.05) is 13.1 Å². The van der Waals surface area contributed by atoms with Gasteiger partial charge in [0.05, 0.1) is 5.94 Å². The lowest BCUT2D eigenvalue weighted by atomic mass is 9.75. The maximum atomic E-state index is 13.3. The Kier molecular flexibility index (Phi) is 13.3. The number of amides is 3. The minimum Gasteiger partial charge on any atom is -0.444 e. The van der Waals surface area contributed by atoms with Crippen LogP contribution in [0.1, 0.15) is 73.1 Å². The molecule has 0 aliphatic carbocycles. The molecule has 16 heteroatoms. The van der Waals surface area contributed by atoms with E-state index in [1.165, 1.54) is 4.90 Å². The summed E-state index contributed by atoms with van der Waals surface area (Å²) in [7, 11) is -1.81. The maximum Gasteiger partial charge on any atom is 0.475 e. The molecule has 1 fully saturated rings. The molecule has 0 spiro atoms. The number of nitro groups is 1. The van der Waals surface area contributed by atoms with Crippen LogP contribution in [-0.4, -0.2) is 87.7 Å². The highest BCUT2D eigenvalue weighted by Gasteiger charge is 2.37. The summed E-state index contributed by atoms with van der Waals surface area (Å²) in [6.45, 7) is 9.25. The molecule has 0 saturated carbocycles. The van der Waals surface area contributed by atoms with Gasteiger partial charge in [0.25, 0.3) is 5.96 Å². The van der Waals surface area contributed by atoms with Crippen molar-refractivity contribution in [2.75, 3.05) is 13.1 Å². The summed E-state index contributed by atoms with van der Waals surface area (Å²) in [5.74, 6) is -2.51. The van der Waals surface area contributed by atoms with Crippen molar-refractivity contribution in [1.82, 2.24) is 21.0 Å². The fourth-order valence-corrected chi connectivity index (χ4v) is 3.95. The van der Waals surface area contributed by atoms with E-state index in [2.05, 4.69) is 15.6 Å². The molecule has 0 aromatic carbocycles. The SMILES string of the molecule is CC(C)C[C@H](NC(=O)[C@H](CCCN=C(N)N[N+](=O)[O-])NC(=O)C1CCCCN1C(=O)OC(C)(C)C)B(O)O. The fourth-order valence-electron chi connectivity index (χ4n) is 3.95. The van der Waals surface area contributed by atoms with Crippen LogP contribution < -0.4 is 21.8 Å². The van der Waals surface area contributed by atoms with Gasteiger partial charge in [0.1, 0.15) is 17.7 Å². The number of nitrogens with zero attached hydrogens (tertiary/aromatic N) is 3. The molecule has 1 aliphatic heterocycles. The molecule has 3 atom stereocenters. The number of guanidine groups is 1. The topological polar surface area (TPSA) is 222 Å². The second-order valence-corrected chi connectivity index (χ2v) is 10.7. The van der Waals surface area contributed by atoms with Gasteiger partial charge in [-0.2, -0.15) is 0 Å². The van der Waals surface area contributed by atoms with Gasteiger partial charge in [-0.15, -0.1) is 0 Å². The van der Waals surface area contributed by atoms with Gasteiger partial charge in [-0.3, -0.25) is 14.5 Å². The van der Waals surface area contributed by atoms with Gasteiger partial charge in [-0.25, -0.2) is 19.9 Å². The normalized spacial score (nSPS) is 17.8. The monoisotopic (exact) mass is 543 g/mol. The number of piperidine rings is 1. The molecule has 1 unspecified atom stereocenters. The zero-order valence-electron chi connectivity index (χ0n) is 22.8. The summed E-state index contributed by atoms with van der Waals surface area (Å²) in [6, 6.07) is -1.94. The highest BCUT2D eigenvalue weighted by atomic mass is 16.7. The van der Waals surface area contributed by atoms with E-state index in [9.17, 15) is 34.5 Å². The number of hydrogen-bond donors (Lipinski definition) is 6. The molecular weight excluding hydrogens is 501 g/mol. The summed E-state index contributed by atoms with van der Waals surface area (Å²) in [5.41, 5.74) is 6.37. The van der Waals surface area contributed by atoms with E-state index in [0.717, 1.165) is 0 Å². The number of aliphatic imine (C=N–C) groups is 1. The maximum absolute atomic E-state index is 13.3. The van der Waals surface area contributed by atoms with E-state index in [0.29, 0.717) is 25.8 Å². The van der Waals surface area contributed by atoms with E-state index in [1.54, 1.807) is 26.2 Å². The van der Waals surface area contributed by atoms with E-state index >= 15 is 0 Å². The molecule has 216 valence electrons. The number of likely N-dealkylation sites (tertiary alicyclic amines) is 1. The molecule has 0 radical (unpaired) electrons. The van der Waals surface area contributed by atoms with Crippen molar-refractivity contribution >= 4 is 31.0 Å². The first-order valence-corrected chi connectivity index (χ1v) is 12.8. The van der Waals surface area contributed by atoms with Crippen LogP contribution >= 0.6 is 0 Å². The smallest absolute Gasteiger partial charge is 0.444 e. The molecule has 38 heavy (non-hydrogen) atoms. The first-order valence-electron chi connectivity index (χ1n) is 12.8. The van der Waals surface area contributed by atoms with E-state index < -0.39 is 59.6 Å². The van der Waals surface area contributed by atoms with Crippen LogP contribution in [0, 0.1) is 16.0 Å². The van der Waals surface area contributed by atoms with Crippen LogP contribution in [0.2, 0.25) is 0 Å². The number of ether oxygens (including phenoxy) is 1. The van der Waals surface area contributed by atoms with Crippen molar-refractivity contribution in [3.63, 3.8) is 0 Å². The predicted molar refractivity (Wildman–Crippen MR) is 140 cm³/mol. The number of rotatable bonds is 12. The van der Waals surface area contributed by atoms with Gasteiger partial charge in [-0.1, -0.05) is 19.3 Å². The van der Waals surface area contributed by atoms with Crippen LogP contribution in [0.4, 0.5) is 4.79 Å². The molecule has 15 nitrogen and oxygen atoms in total. The number of hydrazine groups is 1. The fraction of sp³-hybridized carbons (Fsp3) is 0.818. The van der Waals surface area contributed by atoms with Crippen LogP contribution in [0.15, 0.2) is 4.99 Å². The van der Waals surface area contributed by atoms with Crippen LogP contribution in [0.5, 0.6) is 0 Å². The average Bonchev–Trinajstić information content (AvgIpc) is 2.78. The van der Waals surface area contributed by atoms with Gasteiger partial charge >= 0.3 is 13.2 Å². The zero-order chi connectivity index (χ0) is 29.0. The molecule has 0 aromatic rings. The van der Waals surface area contributed by atoms with Gasteiger partial charge in [0.15, 0.2) is 5.03 Å². The lowest BCUT2D eigenvalue weighted by Crippen LogP contribution is -2.58. The standard InChI is InChI=1S/C22H42BN7O8/c1-14(2)13-17(23(34)35)27-18(31)15(9-8-11-25-20(24)28-30(36)37)26-19(32)16-10-6-7-12-29(16)21(33)38-22(3,4)5/h14-17,34-35H,6-13H2,1-5H3,(H,26,32)(H,27,31)(H3,24,25,28)/t15-,16?,17-/m0/s1. The molecule has 1 heterocycles. The molecule has 1 aliphatic rings. The van der Waals surface area contributed by atoms with Gasteiger partial charge in [-0.05, 0) is 65.2 Å². The van der Waals surface area contributed by atoms with E-state index in [-0.39, 0.29) is 31.7 Å². The number of nitrogens with two attached hydrogens (primary N) is 1. The summed E-state index contributed by atoms with van der Waals surface area (Å²) >= 11 is 0. The number of carbonyl (C=O) groups is 3. The summed E-state index contributed by atoms with van der Waals surface area (Å²) < 4.78 is 5.45. The molecule has 1 saturated heterocycles. The largest absolute Gasteiger partial charge is 0.475 e. The van der Waals surface area contributed by atoms with Crippen molar-refractivity contribution in [3.05, 3.63) is 10.1 Å². The second kappa shape index (κ2) is 15.3. The van der Waals surface area contributed by atoms with Crippen molar-refractivity contribution in [1.29, 1.82) is 0 Å². The molecule has 0 aromatic heterocycles. The van der Waals surface area contributed by atoms with Crippen molar-refractivity contribution in [3.8, 4) is 0 Å². The third kappa shape index (κ3) is 12.4. The van der Waals surface area contributed by atoms with Crippen molar-refractivity contribution in [2.24, 2.45) is 16.6 Å². The Bertz CT molecular complexity index is 850. The Morgan fingerprint density at radius 1 is 1.24 bits per heavy atom. The summed E-state index contributed by atoms with van der Waals surface area (Å²) in [6.07, 6.45) is 1.75. The van der Waals surface area contributed by atoms with E-state index in [4.69, 9.17) is 10.5 Å². The average molecular weight is 543 g/mol. The summed E-state index contributed by atoms with van der Waals surface area (Å²) in [5, 5.41) is 34.3. The Morgan fingerprint density at radius 3 is 2.45 bits per heavy atom. The Morgan fingerprint density at radius 2 is 1.89 bits per heavy atom. The quantitative estimate of drug-likeness (QED) is 0.0470. The molecule has 1 rings (SSSR count). The second-order valence-electron chi connectivity index (χ2n) is 10.7. The number of hydrogen-bond acceptors (Lipinski definition) is 9. The molecule has 3 amide bonds. The highest BCUT2D eigenvalue weighted by molar-refractivity contribution is 6.43. The Balaban J connectivity index is 3.02. The first kappa shape index (κ1) is 32.9. The van der Waals surface area contributed by atoms with Crippen LogP contribution in [-0.2, 0) is 14.3 Å². The minimum absolute atomic E-state index is 0.0256. The predicted octanol–water partition coefficient (Wildman–Crippen LogP) is -0.320. The highest BCUT2D eigenvalue weighted by Crippen LogP contribution is 2.21. The van der Waals surface area contributed by atoms with E-state index in [1.807, 2.05) is 13.8 Å². The Hall–Kier alpha value is -3.14. The van der Waals surface area contributed by atoms with Crippen LogP contribution in [0.25, 0.3) is 0 Å². The molecule has 0 bridgehead atoms. The van der Waals surface area contributed by atoms with Crippen molar-refractivity contribution < 1.29 is 34.2 Å².